The summed E-state index contributed by atoms with van der Waals surface area (Å²) in [6.07, 6.45) is 2.56. The van der Waals surface area contributed by atoms with Gasteiger partial charge in [0.15, 0.2) is 0 Å². The predicted octanol–water partition coefficient (Wildman–Crippen LogP) is 0.591. The zero-order valence-electron chi connectivity index (χ0n) is 10.5. The molecule has 106 valence electrons. The van der Waals surface area contributed by atoms with E-state index >= 15 is 0 Å². The van der Waals surface area contributed by atoms with Crippen molar-refractivity contribution in [3.05, 3.63) is 22.4 Å². The molecule has 1 spiro atoms. The number of rotatable bonds is 1. The molecular weight excluding hydrogens is 328 g/mol. The van der Waals surface area contributed by atoms with Crippen molar-refractivity contribution in [3.8, 4) is 0 Å². The van der Waals surface area contributed by atoms with Gasteiger partial charge in [-0.2, -0.15) is 0 Å². The van der Waals surface area contributed by atoms with Gasteiger partial charge in [0.1, 0.15) is 11.2 Å². The molecule has 0 saturated carbocycles. The fourth-order valence-corrected chi connectivity index (χ4v) is 2.98. The van der Waals surface area contributed by atoms with Gasteiger partial charge in [-0.05, 0) is 34.8 Å². The lowest BCUT2D eigenvalue weighted by atomic mass is 9.87. The zero-order valence-corrected chi connectivity index (χ0v) is 12.1. The van der Waals surface area contributed by atoms with Crippen molar-refractivity contribution in [1.29, 1.82) is 0 Å². The van der Waals surface area contributed by atoms with Crippen LogP contribution >= 0.6 is 15.9 Å². The summed E-state index contributed by atoms with van der Waals surface area (Å²) in [6, 6.07) is 1.26. The first-order valence-corrected chi connectivity index (χ1v) is 7.06. The van der Waals surface area contributed by atoms with Gasteiger partial charge in [-0.3, -0.25) is 14.9 Å². The lowest BCUT2D eigenvalue weighted by molar-refractivity contribution is -0.125. The Balaban J connectivity index is 1.68. The summed E-state index contributed by atoms with van der Waals surface area (Å²) in [5, 5.41) is 4.92. The minimum Gasteiger partial charge on any atom is -0.356 e. The number of nitrogens with zero attached hydrogens (tertiary/aromatic N) is 1. The number of aromatic amines is 1. The van der Waals surface area contributed by atoms with Crippen molar-refractivity contribution in [2.75, 3.05) is 13.1 Å². The lowest BCUT2D eigenvalue weighted by Gasteiger charge is -2.36. The molecule has 1 aromatic rings. The summed E-state index contributed by atoms with van der Waals surface area (Å²) in [4.78, 5) is 39.9. The highest BCUT2D eigenvalue weighted by Gasteiger charge is 2.48. The average Bonchev–Trinajstić information content (AvgIpc) is 2.95. The molecule has 3 rings (SSSR count). The largest absolute Gasteiger partial charge is 0.356 e. The maximum Gasteiger partial charge on any atom is 0.322 e. The Kier molecular flexibility index (Phi) is 3.04. The van der Waals surface area contributed by atoms with Gasteiger partial charge in [0.05, 0.1) is 0 Å². The normalized spacial score (nSPS) is 20.9. The highest BCUT2D eigenvalue weighted by molar-refractivity contribution is 9.10. The first kappa shape index (κ1) is 13.2. The third kappa shape index (κ3) is 2.09. The van der Waals surface area contributed by atoms with Gasteiger partial charge in [0.2, 0.25) is 0 Å². The Morgan fingerprint density at radius 2 is 2.00 bits per heavy atom. The van der Waals surface area contributed by atoms with Crippen LogP contribution in [-0.4, -0.2) is 46.4 Å². The number of likely N-dealkylation sites (tertiary alicyclic amines) is 1. The molecule has 0 atom stereocenters. The van der Waals surface area contributed by atoms with Crippen LogP contribution in [-0.2, 0) is 4.79 Å². The predicted molar refractivity (Wildman–Crippen MR) is 73.0 cm³/mol. The molecule has 0 unspecified atom stereocenters. The second-order valence-electron chi connectivity index (χ2n) is 5.01. The second kappa shape index (κ2) is 4.62. The summed E-state index contributed by atoms with van der Waals surface area (Å²) in [6.45, 7) is 0.867. The number of hydrogen-bond donors (Lipinski definition) is 3. The SMILES string of the molecule is O=C1NC(=O)C2(CCN(C(=O)c3cc(Br)c[nH]3)CC2)N1. The van der Waals surface area contributed by atoms with Gasteiger partial charge in [-0.25, -0.2) is 4.79 Å². The molecule has 0 bridgehead atoms. The summed E-state index contributed by atoms with van der Waals surface area (Å²) in [5.74, 6) is -0.396. The van der Waals surface area contributed by atoms with Crippen LogP contribution in [0.25, 0.3) is 0 Å². The van der Waals surface area contributed by atoms with Crippen molar-refractivity contribution >= 4 is 33.8 Å². The number of hydrogen-bond acceptors (Lipinski definition) is 3. The third-order valence-corrected chi connectivity index (χ3v) is 4.25. The Hall–Kier alpha value is -1.83. The van der Waals surface area contributed by atoms with Crippen LogP contribution in [0.5, 0.6) is 0 Å². The number of carbonyl (C=O) groups is 3. The first-order chi connectivity index (χ1) is 9.50. The molecular formula is C12H13BrN4O3. The summed E-state index contributed by atoms with van der Waals surface area (Å²) >= 11 is 3.29. The number of imide groups is 1. The van der Waals surface area contributed by atoms with Crippen LogP contribution in [0.15, 0.2) is 16.7 Å². The Labute approximate surface area is 123 Å². The summed E-state index contributed by atoms with van der Waals surface area (Å²) < 4.78 is 0.816. The maximum absolute atomic E-state index is 12.2. The van der Waals surface area contributed by atoms with Gasteiger partial charge in [-0.15, -0.1) is 0 Å². The topological polar surface area (TPSA) is 94.3 Å². The van der Waals surface area contributed by atoms with E-state index in [4.69, 9.17) is 0 Å². The van der Waals surface area contributed by atoms with E-state index in [1.165, 1.54) is 0 Å². The van der Waals surface area contributed by atoms with Crippen LogP contribution in [0.2, 0.25) is 0 Å². The van der Waals surface area contributed by atoms with Crippen molar-refractivity contribution in [2.24, 2.45) is 0 Å². The number of halogens is 1. The van der Waals surface area contributed by atoms with E-state index < -0.39 is 11.6 Å². The Morgan fingerprint density at radius 3 is 2.50 bits per heavy atom. The van der Waals surface area contributed by atoms with Gasteiger partial charge >= 0.3 is 6.03 Å². The van der Waals surface area contributed by atoms with Crippen molar-refractivity contribution in [3.63, 3.8) is 0 Å². The minimum atomic E-state index is -0.843. The minimum absolute atomic E-state index is 0.102. The second-order valence-corrected chi connectivity index (χ2v) is 5.93. The molecule has 4 amide bonds. The highest BCUT2D eigenvalue weighted by atomic mass is 79.9. The first-order valence-electron chi connectivity index (χ1n) is 6.27. The molecule has 2 aliphatic rings. The van der Waals surface area contributed by atoms with Crippen LogP contribution in [0.1, 0.15) is 23.3 Å². The van der Waals surface area contributed by atoms with E-state index in [2.05, 4.69) is 31.5 Å². The fourth-order valence-electron chi connectivity index (χ4n) is 2.63. The van der Waals surface area contributed by atoms with Crippen molar-refractivity contribution < 1.29 is 14.4 Å². The number of aromatic nitrogens is 1. The van der Waals surface area contributed by atoms with Crippen molar-refractivity contribution in [2.45, 2.75) is 18.4 Å². The maximum atomic E-state index is 12.2. The summed E-state index contributed by atoms with van der Waals surface area (Å²) in [7, 11) is 0. The highest BCUT2D eigenvalue weighted by Crippen LogP contribution is 2.26. The number of piperidine rings is 1. The van der Waals surface area contributed by atoms with Crippen LogP contribution in [0.3, 0.4) is 0 Å². The molecule has 2 fully saturated rings. The Morgan fingerprint density at radius 1 is 1.30 bits per heavy atom. The smallest absolute Gasteiger partial charge is 0.322 e. The fraction of sp³-hybridized carbons (Fsp3) is 0.417. The molecule has 0 aromatic carbocycles. The van der Waals surface area contributed by atoms with E-state index in [1.807, 2.05) is 0 Å². The van der Waals surface area contributed by atoms with Crippen LogP contribution < -0.4 is 10.6 Å². The van der Waals surface area contributed by atoms with Crippen molar-refractivity contribution in [1.82, 2.24) is 20.5 Å². The number of carbonyl (C=O) groups excluding carboxylic acids is 3. The van der Waals surface area contributed by atoms with E-state index in [9.17, 15) is 14.4 Å². The lowest BCUT2D eigenvalue weighted by Crippen LogP contribution is -2.55. The number of urea groups is 1. The molecule has 2 saturated heterocycles. The zero-order chi connectivity index (χ0) is 14.3. The molecule has 1 aromatic heterocycles. The molecule has 3 heterocycles. The van der Waals surface area contributed by atoms with Gasteiger partial charge in [-0.1, -0.05) is 0 Å². The van der Waals surface area contributed by atoms with E-state index in [1.54, 1.807) is 17.2 Å². The Bertz CT molecular complexity index is 589. The molecule has 20 heavy (non-hydrogen) atoms. The van der Waals surface area contributed by atoms with Crippen LogP contribution in [0.4, 0.5) is 4.79 Å². The van der Waals surface area contributed by atoms with Gasteiger partial charge in [0, 0.05) is 23.8 Å². The quantitative estimate of drug-likeness (QED) is 0.653. The molecule has 8 heteroatoms. The van der Waals surface area contributed by atoms with Gasteiger partial charge in [0.25, 0.3) is 11.8 Å². The van der Waals surface area contributed by atoms with Gasteiger partial charge < -0.3 is 15.2 Å². The average molecular weight is 341 g/mol. The molecule has 7 nitrogen and oxygen atoms in total. The number of amides is 4. The monoisotopic (exact) mass is 340 g/mol. The van der Waals surface area contributed by atoms with E-state index in [0.717, 1.165) is 4.47 Å². The molecule has 0 radical (unpaired) electrons. The standard InChI is InChI=1S/C12H13BrN4O3/c13-7-5-8(14-6-7)9(18)17-3-1-12(2-4-17)10(19)15-11(20)16-12/h5-6,14H,1-4H2,(H2,15,16,19,20). The van der Waals surface area contributed by atoms with Crippen LogP contribution in [0, 0.1) is 0 Å². The third-order valence-electron chi connectivity index (χ3n) is 3.80. The van der Waals surface area contributed by atoms with E-state index in [0.29, 0.717) is 31.6 Å². The molecule has 2 aliphatic heterocycles. The number of H-pyrrole nitrogens is 1. The number of nitrogens with one attached hydrogen (secondary N) is 3. The molecule has 3 N–H and O–H groups in total. The summed E-state index contributed by atoms with van der Waals surface area (Å²) in [5.41, 5.74) is -0.336. The van der Waals surface area contributed by atoms with E-state index in [-0.39, 0.29) is 11.8 Å². The molecule has 0 aliphatic carbocycles.